The van der Waals surface area contributed by atoms with E-state index in [1.165, 1.54) is 6.07 Å². The molecule has 8 heteroatoms. The summed E-state index contributed by atoms with van der Waals surface area (Å²) < 4.78 is 8.81. The lowest BCUT2D eigenvalue weighted by molar-refractivity contribution is 0.102. The maximum absolute atomic E-state index is 12.9. The first-order valence-corrected chi connectivity index (χ1v) is 11.3. The lowest BCUT2D eigenvalue weighted by atomic mass is 10.1. The van der Waals surface area contributed by atoms with Crippen molar-refractivity contribution in [3.63, 3.8) is 0 Å². The van der Waals surface area contributed by atoms with Crippen LogP contribution in [-0.2, 0) is 0 Å². The molecule has 0 atom stereocenters. The van der Waals surface area contributed by atoms with Crippen LogP contribution in [0.5, 0.6) is 0 Å². The Morgan fingerprint density at radius 3 is 2.69 bits per heavy atom. The number of aromatic nitrogens is 2. The molecule has 5 rings (SSSR count). The first kappa shape index (κ1) is 20.7. The summed E-state index contributed by atoms with van der Waals surface area (Å²) >= 11 is 6.78. The molecule has 32 heavy (non-hydrogen) atoms. The molecule has 0 fully saturated rings. The number of aryl methyl sites for hydroxylation is 1. The monoisotopic (exact) mass is 551 g/mol. The second-order valence-corrected chi connectivity index (χ2v) is 9.08. The molecule has 0 spiro atoms. The van der Waals surface area contributed by atoms with Crippen LogP contribution in [0.3, 0.4) is 0 Å². The molecular formula is C24H15Br2N3O3. The van der Waals surface area contributed by atoms with Gasteiger partial charge in [-0.2, -0.15) is 0 Å². The number of halogens is 2. The van der Waals surface area contributed by atoms with Gasteiger partial charge in [0, 0.05) is 33.0 Å². The van der Waals surface area contributed by atoms with Crippen molar-refractivity contribution < 1.29 is 9.21 Å². The van der Waals surface area contributed by atoms with Crippen LogP contribution < -0.4 is 10.9 Å². The highest BCUT2D eigenvalue weighted by Crippen LogP contribution is 2.28. The molecule has 0 aliphatic heterocycles. The van der Waals surface area contributed by atoms with Gasteiger partial charge in [-0.25, -0.2) is 9.78 Å². The number of amides is 1. The number of benzene rings is 2. The number of imidazole rings is 1. The number of pyridine rings is 1. The third-order valence-corrected chi connectivity index (χ3v) is 6.16. The van der Waals surface area contributed by atoms with Crippen molar-refractivity contribution in [3.05, 3.63) is 97.5 Å². The molecule has 1 amide bonds. The third kappa shape index (κ3) is 3.76. The summed E-state index contributed by atoms with van der Waals surface area (Å²) in [6, 6.07) is 18.3. The van der Waals surface area contributed by atoms with Crippen LogP contribution in [0.1, 0.15) is 16.1 Å². The van der Waals surface area contributed by atoms with Crippen molar-refractivity contribution in [3.8, 4) is 11.3 Å². The van der Waals surface area contributed by atoms with Gasteiger partial charge in [-0.05, 0) is 65.3 Å². The smallest absolute Gasteiger partial charge is 0.349 e. The van der Waals surface area contributed by atoms with Gasteiger partial charge in [0.05, 0.1) is 10.2 Å². The lowest BCUT2D eigenvalue weighted by Gasteiger charge is -2.07. The average Bonchev–Trinajstić information content (AvgIpc) is 3.20. The highest BCUT2D eigenvalue weighted by Gasteiger charge is 2.16. The zero-order valence-electron chi connectivity index (χ0n) is 16.7. The van der Waals surface area contributed by atoms with Crippen molar-refractivity contribution in [2.45, 2.75) is 6.92 Å². The van der Waals surface area contributed by atoms with Crippen LogP contribution in [0.4, 0.5) is 5.69 Å². The Hall–Kier alpha value is -3.23. The summed E-state index contributed by atoms with van der Waals surface area (Å²) in [6.07, 6.45) is 1.96. The van der Waals surface area contributed by atoms with Crippen molar-refractivity contribution in [2.75, 3.05) is 5.32 Å². The Morgan fingerprint density at radius 2 is 1.88 bits per heavy atom. The summed E-state index contributed by atoms with van der Waals surface area (Å²) in [4.78, 5) is 30.0. The molecule has 0 bridgehead atoms. The first-order valence-electron chi connectivity index (χ1n) is 9.68. The van der Waals surface area contributed by atoms with E-state index >= 15 is 0 Å². The Labute approximate surface area is 199 Å². The fraction of sp³-hybridized carbons (Fsp3) is 0.0417. The Kier molecular flexibility index (Phi) is 5.19. The number of anilines is 1. The highest BCUT2D eigenvalue weighted by molar-refractivity contribution is 9.11. The van der Waals surface area contributed by atoms with E-state index in [4.69, 9.17) is 4.42 Å². The first-order chi connectivity index (χ1) is 15.4. The zero-order valence-corrected chi connectivity index (χ0v) is 19.9. The number of carbonyl (C=O) groups is 1. The van der Waals surface area contributed by atoms with Crippen molar-refractivity contribution in [2.24, 2.45) is 0 Å². The van der Waals surface area contributed by atoms with E-state index < -0.39 is 11.5 Å². The molecule has 0 aliphatic rings. The van der Waals surface area contributed by atoms with Gasteiger partial charge in [0.15, 0.2) is 5.58 Å². The number of carbonyl (C=O) groups excluding carboxylic acids is 1. The second-order valence-electron chi connectivity index (χ2n) is 7.31. The zero-order chi connectivity index (χ0) is 22.4. The molecule has 1 N–H and O–H groups in total. The molecule has 2 aromatic carbocycles. The molecule has 0 radical (unpaired) electrons. The third-order valence-electron chi connectivity index (χ3n) is 5.11. The molecule has 0 unspecified atom stereocenters. The van der Waals surface area contributed by atoms with Gasteiger partial charge in [0.2, 0.25) is 0 Å². The SMILES string of the molecule is Cc1cccc2nc(-c3cccc(NC(=O)c4cc5cc(Br)cc(Br)c5oc4=O)c3)cn12. The predicted octanol–water partition coefficient (Wildman–Crippen LogP) is 6.19. The molecule has 5 aromatic rings. The van der Waals surface area contributed by atoms with Crippen molar-refractivity contribution in [1.29, 1.82) is 0 Å². The van der Waals surface area contributed by atoms with E-state index in [9.17, 15) is 9.59 Å². The van der Waals surface area contributed by atoms with Crippen LogP contribution in [0.25, 0.3) is 27.9 Å². The summed E-state index contributed by atoms with van der Waals surface area (Å²) in [5.74, 6) is -0.542. The number of fused-ring (bicyclic) bond motifs is 2. The van der Waals surface area contributed by atoms with Crippen LogP contribution in [0.2, 0.25) is 0 Å². The van der Waals surface area contributed by atoms with Crippen LogP contribution in [-0.4, -0.2) is 15.3 Å². The van der Waals surface area contributed by atoms with Gasteiger partial charge in [-0.15, -0.1) is 0 Å². The Balaban J connectivity index is 1.48. The van der Waals surface area contributed by atoms with Gasteiger partial charge in [-0.3, -0.25) is 4.79 Å². The van der Waals surface area contributed by atoms with E-state index in [-0.39, 0.29) is 5.56 Å². The van der Waals surface area contributed by atoms with Gasteiger partial charge >= 0.3 is 5.63 Å². The van der Waals surface area contributed by atoms with Gasteiger partial charge < -0.3 is 14.1 Å². The van der Waals surface area contributed by atoms with E-state index in [1.54, 1.807) is 18.2 Å². The molecular weight excluding hydrogens is 538 g/mol. The van der Waals surface area contributed by atoms with Crippen LogP contribution in [0, 0.1) is 6.92 Å². The number of hydrogen-bond donors (Lipinski definition) is 1. The molecule has 0 saturated heterocycles. The predicted molar refractivity (Wildman–Crippen MR) is 131 cm³/mol. The fourth-order valence-corrected chi connectivity index (χ4v) is 4.90. The lowest BCUT2D eigenvalue weighted by Crippen LogP contribution is -2.20. The van der Waals surface area contributed by atoms with Gasteiger partial charge in [0.25, 0.3) is 5.91 Å². The minimum Gasteiger partial charge on any atom is -0.421 e. The van der Waals surface area contributed by atoms with Crippen LogP contribution >= 0.6 is 31.9 Å². The van der Waals surface area contributed by atoms with Gasteiger partial charge in [-0.1, -0.05) is 34.1 Å². The van der Waals surface area contributed by atoms with Crippen molar-refractivity contribution >= 4 is 60.1 Å². The molecule has 158 valence electrons. The van der Waals surface area contributed by atoms with E-state index in [0.717, 1.165) is 27.1 Å². The van der Waals surface area contributed by atoms with E-state index in [1.807, 2.05) is 53.9 Å². The Morgan fingerprint density at radius 1 is 1.06 bits per heavy atom. The maximum atomic E-state index is 12.9. The Bertz CT molecular complexity index is 1590. The summed E-state index contributed by atoms with van der Waals surface area (Å²) in [7, 11) is 0. The second kappa shape index (κ2) is 8.03. The topological polar surface area (TPSA) is 76.6 Å². The largest absolute Gasteiger partial charge is 0.421 e. The molecule has 6 nitrogen and oxygen atoms in total. The normalized spacial score (nSPS) is 11.2. The highest BCUT2D eigenvalue weighted by atomic mass is 79.9. The standard InChI is InChI=1S/C24H15Br2N3O3/c1-13-4-2-7-21-28-20(12-29(13)21)14-5-3-6-17(9-14)27-23(30)18-10-15-8-16(25)11-19(26)22(15)32-24(18)31/h2-12H,1H3,(H,27,30). The van der Waals surface area contributed by atoms with Crippen LogP contribution in [0.15, 0.2) is 85.0 Å². The number of nitrogens with one attached hydrogen (secondary N) is 1. The fourth-order valence-electron chi connectivity index (χ4n) is 3.56. The molecule has 0 aliphatic carbocycles. The quantitative estimate of drug-likeness (QED) is 0.271. The molecule has 3 aromatic heterocycles. The number of hydrogen-bond acceptors (Lipinski definition) is 4. The minimum atomic E-state index is -0.704. The summed E-state index contributed by atoms with van der Waals surface area (Å²) in [5, 5.41) is 3.42. The minimum absolute atomic E-state index is 0.0729. The number of nitrogens with zero attached hydrogens (tertiary/aromatic N) is 2. The average molecular weight is 553 g/mol. The van der Waals surface area contributed by atoms with E-state index in [0.29, 0.717) is 21.1 Å². The van der Waals surface area contributed by atoms with Gasteiger partial charge in [0.1, 0.15) is 11.2 Å². The summed E-state index contributed by atoms with van der Waals surface area (Å²) in [5.41, 5.74) is 3.73. The van der Waals surface area contributed by atoms with E-state index in [2.05, 4.69) is 42.2 Å². The maximum Gasteiger partial charge on any atom is 0.349 e. The van der Waals surface area contributed by atoms with Crippen molar-refractivity contribution in [1.82, 2.24) is 9.38 Å². The number of rotatable bonds is 3. The summed E-state index contributed by atoms with van der Waals surface area (Å²) in [6.45, 7) is 2.02. The molecule has 0 saturated carbocycles. The molecule has 3 heterocycles.